The molecule has 1 heterocycles. The van der Waals surface area contributed by atoms with Gasteiger partial charge in [0.2, 0.25) is 0 Å². The van der Waals surface area contributed by atoms with Gasteiger partial charge in [0, 0.05) is 32.5 Å². The Morgan fingerprint density at radius 1 is 1.14 bits per heavy atom. The van der Waals surface area contributed by atoms with Gasteiger partial charge in [-0.25, -0.2) is 4.79 Å². The summed E-state index contributed by atoms with van der Waals surface area (Å²) in [5.41, 5.74) is 2.90. The average molecular weight is 400 g/mol. The minimum absolute atomic E-state index is 0.0887. The first kappa shape index (κ1) is 20.3. The Hall–Kier alpha value is -3.42. The molecule has 0 saturated heterocycles. The van der Waals surface area contributed by atoms with Gasteiger partial charge in [0.25, 0.3) is 0 Å². The monoisotopic (exact) mass is 400 g/mol. The van der Waals surface area contributed by atoms with E-state index in [1.54, 1.807) is 25.4 Å². The van der Waals surface area contributed by atoms with Crippen molar-refractivity contribution in [3.8, 4) is 5.75 Å². The number of urea groups is 1. The Morgan fingerprint density at radius 3 is 2.59 bits per heavy atom. The molecule has 0 aliphatic heterocycles. The van der Waals surface area contributed by atoms with Crippen LogP contribution >= 0.6 is 0 Å². The quantitative estimate of drug-likeness (QED) is 0.624. The first-order chi connectivity index (χ1) is 14.0. The lowest BCUT2D eigenvalue weighted by Crippen LogP contribution is -2.36. The number of rotatable bonds is 8. The molecule has 0 fully saturated rings. The third kappa shape index (κ3) is 6.31. The summed E-state index contributed by atoms with van der Waals surface area (Å²) < 4.78 is 30.5. The van der Waals surface area contributed by atoms with E-state index < -0.39 is 6.61 Å². The predicted molar refractivity (Wildman–Crippen MR) is 105 cm³/mol. The van der Waals surface area contributed by atoms with E-state index in [-0.39, 0.29) is 11.8 Å². The first-order valence-electron chi connectivity index (χ1n) is 9.07. The fourth-order valence-corrected chi connectivity index (χ4v) is 2.85. The van der Waals surface area contributed by atoms with Crippen LogP contribution in [0.1, 0.15) is 16.7 Å². The lowest BCUT2D eigenvalue weighted by Gasteiger charge is -2.18. The van der Waals surface area contributed by atoms with Gasteiger partial charge in [0.15, 0.2) is 0 Å². The highest BCUT2D eigenvalue weighted by molar-refractivity contribution is 5.73. The zero-order chi connectivity index (χ0) is 20.6. The summed E-state index contributed by atoms with van der Waals surface area (Å²) in [7, 11) is 1.67. The molecule has 152 valence electrons. The van der Waals surface area contributed by atoms with Gasteiger partial charge >= 0.3 is 12.6 Å². The Kier molecular flexibility index (Phi) is 6.78. The molecular weight excluding hydrogens is 378 g/mol. The fourth-order valence-electron chi connectivity index (χ4n) is 2.85. The Labute approximate surface area is 167 Å². The molecule has 3 rings (SSSR count). The molecule has 0 saturated carbocycles. The van der Waals surface area contributed by atoms with Crippen molar-refractivity contribution in [3.63, 3.8) is 0 Å². The molecule has 2 amide bonds. The van der Waals surface area contributed by atoms with E-state index in [4.69, 9.17) is 0 Å². The highest BCUT2D eigenvalue weighted by atomic mass is 19.3. The molecule has 0 aliphatic carbocycles. The van der Waals surface area contributed by atoms with Crippen LogP contribution in [0.2, 0.25) is 0 Å². The van der Waals surface area contributed by atoms with E-state index in [1.165, 1.54) is 17.0 Å². The van der Waals surface area contributed by atoms with E-state index in [1.807, 2.05) is 41.2 Å². The van der Waals surface area contributed by atoms with Crippen LogP contribution < -0.4 is 10.1 Å². The number of amides is 2. The van der Waals surface area contributed by atoms with Crippen molar-refractivity contribution in [1.82, 2.24) is 20.0 Å². The molecule has 1 N–H and O–H groups in total. The molecule has 0 radical (unpaired) electrons. The number of alkyl halides is 2. The van der Waals surface area contributed by atoms with Gasteiger partial charge in [-0.2, -0.15) is 13.9 Å². The maximum atomic E-state index is 12.4. The number of carbonyl (C=O) groups excluding carboxylic acids is 1. The summed E-state index contributed by atoms with van der Waals surface area (Å²) in [6, 6.07) is 15.8. The number of hydrogen-bond donors (Lipinski definition) is 1. The summed E-state index contributed by atoms with van der Waals surface area (Å²) in [6.07, 6.45) is 3.63. The van der Waals surface area contributed by atoms with E-state index in [0.29, 0.717) is 19.6 Å². The van der Waals surface area contributed by atoms with Crippen molar-refractivity contribution in [1.29, 1.82) is 0 Å². The molecule has 0 atom stereocenters. The van der Waals surface area contributed by atoms with Crippen molar-refractivity contribution in [2.45, 2.75) is 26.2 Å². The van der Waals surface area contributed by atoms with Crippen molar-refractivity contribution in [2.75, 3.05) is 7.05 Å². The topological polar surface area (TPSA) is 59.4 Å². The van der Waals surface area contributed by atoms with Gasteiger partial charge in [-0.3, -0.25) is 4.68 Å². The number of aromatic nitrogens is 2. The zero-order valence-corrected chi connectivity index (χ0v) is 16.0. The number of hydrogen-bond acceptors (Lipinski definition) is 3. The number of nitrogens with one attached hydrogen (secondary N) is 1. The molecule has 2 aromatic carbocycles. The largest absolute Gasteiger partial charge is 0.435 e. The second-order valence-electron chi connectivity index (χ2n) is 6.56. The molecule has 3 aromatic rings. The molecule has 0 bridgehead atoms. The Balaban J connectivity index is 1.49. The lowest BCUT2D eigenvalue weighted by atomic mass is 10.1. The van der Waals surface area contributed by atoms with Crippen LogP contribution in [0.15, 0.2) is 67.0 Å². The Bertz CT molecular complexity index is 915. The summed E-state index contributed by atoms with van der Waals surface area (Å²) in [5, 5.41) is 7.08. The third-order valence-electron chi connectivity index (χ3n) is 4.25. The number of halogens is 2. The molecule has 1 aromatic heterocycles. The van der Waals surface area contributed by atoms with E-state index in [9.17, 15) is 13.6 Å². The van der Waals surface area contributed by atoms with Gasteiger partial charge in [-0.15, -0.1) is 0 Å². The number of carbonyl (C=O) groups is 1. The van der Waals surface area contributed by atoms with E-state index in [2.05, 4.69) is 15.2 Å². The minimum atomic E-state index is -2.85. The second-order valence-corrected chi connectivity index (χ2v) is 6.56. The summed E-state index contributed by atoms with van der Waals surface area (Å²) in [6.45, 7) is -1.44. The molecule has 0 unspecified atom stereocenters. The van der Waals surface area contributed by atoms with Gasteiger partial charge in [-0.05, 0) is 34.9 Å². The fraction of sp³-hybridized carbons (Fsp3) is 0.238. The van der Waals surface area contributed by atoms with Crippen LogP contribution in [0, 0.1) is 0 Å². The van der Waals surface area contributed by atoms with E-state index >= 15 is 0 Å². The lowest BCUT2D eigenvalue weighted by molar-refractivity contribution is -0.0498. The van der Waals surface area contributed by atoms with Gasteiger partial charge in [0.05, 0.1) is 6.54 Å². The maximum Gasteiger partial charge on any atom is 0.387 e. The molecule has 29 heavy (non-hydrogen) atoms. The van der Waals surface area contributed by atoms with Gasteiger partial charge < -0.3 is 15.0 Å². The highest BCUT2D eigenvalue weighted by Gasteiger charge is 2.10. The molecule has 0 spiro atoms. The maximum absolute atomic E-state index is 12.4. The SMILES string of the molecule is CN(Cc1ccc(OC(F)F)cc1)C(=O)NCc1cccc(Cn2cccn2)c1. The summed E-state index contributed by atoms with van der Waals surface area (Å²) in [4.78, 5) is 13.9. The smallest absolute Gasteiger partial charge is 0.387 e. The summed E-state index contributed by atoms with van der Waals surface area (Å²) >= 11 is 0. The molecule has 8 heteroatoms. The van der Waals surface area contributed by atoms with Crippen LogP contribution in [-0.4, -0.2) is 34.4 Å². The number of benzene rings is 2. The zero-order valence-electron chi connectivity index (χ0n) is 16.0. The van der Waals surface area contributed by atoms with Crippen LogP contribution in [0.4, 0.5) is 13.6 Å². The molecule has 6 nitrogen and oxygen atoms in total. The summed E-state index contributed by atoms with van der Waals surface area (Å²) in [5.74, 6) is 0.0887. The highest BCUT2D eigenvalue weighted by Crippen LogP contribution is 2.16. The van der Waals surface area contributed by atoms with Crippen LogP contribution in [0.3, 0.4) is 0 Å². The minimum Gasteiger partial charge on any atom is -0.435 e. The van der Waals surface area contributed by atoms with Crippen molar-refractivity contribution < 1.29 is 18.3 Å². The Morgan fingerprint density at radius 2 is 1.90 bits per heavy atom. The van der Waals surface area contributed by atoms with Gasteiger partial charge in [0.1, 0.15) is 5.75 Å². The standard InChI is InChI=1S/C21H22F2N4O2/c1-26(14-16-6-8-19(9-7-16)29-20(22)23)21(28)24-13-17-4-2-5-18(12-17)15-27-11-3-10-25-27/h2-12,20H,13-15H2,1H3,(H,24,28). The normalized spacial score (nSPS) is 10.8. The van der Waals surface area contributed by atoms with E-state index in [0.717, 1.165) is 16.7 Å². The molecular formula is C21H22F2N4O2. The number of nitrogens with zero attached hydrogens (tertiary/aromatic N) is 3. The average Bonchev–Trinajstić information content (AvgIpc) is 3.20. The number of ether oxygens (including phenoxy) is 1. The second kappa shape index (κ2) is 9.68. The third-order valence-corrected chi connectivity index (χ3v) is 4.25. The first-order valence-corrected chi connectivity index (χ1v) is 9.07. The van der Waals surface area contributed by atoms with Crippen molar-refractivity contribution in [3.05, 3.63) is 83.7 Å². The van der Waals surface area contributed by atoms with Crippen molar-refractivity contribution in [2.24, 2.45) is 0 Å². The molecule has 0 aliphatic rings. The van der Waals surface area contributed by atoms with Crippen LogP contribution in [0.25, 0.3) is 0 Å². The van der Waals surface area contributed by atoms with Crippen LogP contribution in [-0.2, 0) is 19.6 Å². The van der Waals surface area contributed by atoms with Crippen LogP contribution in [0.5, 0.6) is 5.75 Å². The van der Waals surface area contributed by atoms with Gasteiger partial charge in [-0.1, -0.05) is 36.4 Å². The van der Waals surface area contributed by atoms with Crippen molar-refractivity contribution >= 4 is 6.03 Å². The predicted octanol–water partition coefficient (Wildman–Crippen LogP) is 3.87.